The molecule has 0 amide bonds. The summed E-state index contributed by atoms with van der Waals surface area (Å²) in [6.45, 7) is 2.29. The average Bonchev–Trinajstić information content (AvgIpc) is 2.53. The van der Waals surface area contributed by atoms with Crippen LogP contribution in [0.3, 0.4) is 0 Å². The van der Waals surface area contributed by atoms with E-state index in [0.717, 1.165) is 6.42 Å². The predicted octanol–water partition coefficient (Wildman–Crippen LogP) is 0.269. The van der Waals surface area contributed by atoms with E-state index in [9.17, 15) is 4.79 Å². The van der Waals surface area contributed by atoms with Gasteiger partial charge in [-0.2, -0.15) is 0 Å². The summed E-state index contributed by atoms with van der Waals surface area (Å²) >= 11 is 0. The van der Waals surface area contributed by atoms with E-state index >= 15 is 0 Å². The largest absolute Gasteiger partial charge is 1.00 e. The van der Waals surface area contributed by atoms with E-state index in [4.69, 9.17) is 4.74 Å². The molecule has 0 spiro atoms. The highest BCUT2D eigenvalue weighted by Crippen LogP contribution is 2.21. The predicted molar refractivity (Wildman–Crippen MR) is 91.0 cm³/mol. The van der Waals surface area contributed by atoms with Gasteiger partial charge in [0.25, 0.3) is 0 Å². The molecule has 2 aromatic rings. The van der Waals surface area contributed by atoms with Gasteiger partial charge in [-0.15, -0.1) is 0 Å². The Morgan fingerprint density at radius 1 is 1.00 bits per heavy atom. The molecule has 0 heterocycles. The highest BCUT2D eigenvalue weighted by Gasteiger charge is 2.17. The molecule has 4 heteroatoms. The van der Waals surface area contributed by atoms with Crippen molar-refractivity contribution < 1.29 is 26.5 Å². The molecule has 0 saturated carbocycles. The molecule has 0 aromatic heterocycles. The van der Waals surface area contributed by atoms with Gasteiger partial charge in [0.15, 0.2) is 18.2 Å². The number of hydrogen-bond donors (Lipinski definition) is 0. The van der Waals surface area contributed by atoms with E-state index in [-0.39, 0.29) is 23.0 Å². The van der Waals surface area contributed by atoms with Crippen LogP contribution >= 0.6 is 7.55 Å². The summed E-state index contributed by atoms with van der Waals surface area (Å²) < 4.78 is 4.98. The Morgan fingerprint density at radius 3 is 1.95 bits per heavy atom. The Kier molecular flexibility index (Phi) is 8.72. The Hall–Kier alpha value is -1.44. The molecular formula is C18H20BrO2P. The minimum absolute atomic E-state index is 0. The van der Waals surface area contributed by atoms with Crippen LogP contribution in [0.15, 0.2) is 60.7 Å². The van der Waals surface area contributed by atoms with Crippen molar-refractivity contribution in [3.63, 3.8) is 0 Å². The van der Waals surface area contributed by atoms with Gasteiger partial charge < -0.3 is 21.7 Å². The minimum atomic E-state index is -0.524. The fourth-order valence-corrected chi connectivity index (χ4v) is 4.18. The number of rotatable bonds is 6. The van der Waals surface area contributed by atoms with Gasteiger partial charge in [-0.05, 0) is 31.2 Å². The number of halogens is 1. The van der Waals surface area contributed by atoms with Gasteiger partial charge in [0.05, 0.1) is 18.8 Å². The Bertz CT molecular complexity index is 555. The molecule has 0 atom stereocenters. The quantitative estimate of drug-likeness (QED) is 0.532. The Morgan fingerprint density at radius 2 is 1.50 bits per heavy atom. The first-order valence-corrected chi connectivity index (χ1v) is 8.60. The molecule has 22 heavy (non-hydrogen) atoms. The highest BCUT2D eigenvalue weighted by atomic mass is 79.9. The molecule has 2 nitrogen and oxygen atoms in total. The van der Waals surface area contributed by atoms with Gasteiger partial charge in [0, 0.05) is 6.42 Å². The molecule has 2 rings (SSSR count). The third-order valence-corrected chi connectivity index (χ3v) is 5.37. The fraction of sp³-hybridized carbons (Fsp3) is 0.222. The van der Waals surface area contributed by atoms with Crippen LogP contribution in [0.5, 0.6) is 0 Å². The second-order valence-corrected chi connectivity index (χ2v) is 6.71. The molecule has 0 aliphatic heterocycles. The summed E-state index contributed by atoms with van der Waals surface area (Å²) in [5.41, 5.74) is 0. The molecule has 0 N–H and O–H groups in total. The van der Waals surface area contributed by atoms with Crippen molar-refractivity contribution in [3.8, 4) is 0 Å². The van der Waals surface area contributed by atoms with Crippen molar-refractivity contribution in [1.82, 2.24) is 0 Å². The number of carbonyl (C=O) groups excluding carboxylic acids is 1. The maximum absolute atomic E-state index is 11.5. The zero-order chi connectivity index (χ0) is 14.9. The topological polar surface area (TPSA) is 26.3 Å². The average molecular weight is 379 g/mol. The minimum Gasteiger partial charge on any atom is -1.00 e. The number of benzene rings is 2. The number of esters is 1. The van der Waals surface area contributed by atoms with Crippen LogP contribution in [-0.2, 0) is 9.53 Å². The maximum Gasteiger partial charge on any atom is 0.306 e. The van der Waals surface area contributed by atoms with Crippen LogP contribution in [0.4, 0.5) is 0 Å². The molecule has 0 aliphatic carbocycles. The maximum atomic E-state index is 11.5. The molecule has 0 radical (unpaired) electrons. The van der Waals surface area contributed by atoms with Crippen molar-refractivity contribution in [2.75, 3.05) is 6.61 Å². The highest BCUT2D eigenvalue weighted by molar-refractivity contribution is 7.72. The summed E-state index contributed by atoms with van der Waals surface area (Å²) in [5, 5.41) is 2.62. The second kappa shape index (κ2) is 10.3. The fourth-order valence-electron chi connectivity index (χ4n) is 2.08. The van der Waals surface area contributed by atoms with Crippen molar-refractivity contribution >= 4 is 29.9 Å². The zero-order valence-electron chi connectivity index (χ0n) is 12.6. The lowest BCUT2D eigenvalue weighted by atomic mass is 10.3. The van der Waals surface area contributed by atoms with Gasteiger partial charge in [-0.1, -0.05) is 36.4 Å². The van der Waals surface area contributed by atoms with E-state index in [1.54, 1.807) is 0 Å². The standard InChI is InChI=1S/C18H20O2P.BrH/c1-2-20-18(19)14-9-15-21(16-10-5-3-6-11-16)17-12-7-4-8-13-17;/h3-8,10-13,15H,2,9,14H2,1H3;1H/q+1;/p-1. The molecule has 0 aliphatic rings. The SMILES string of the molecule is CCOC(=O)CCC=[P+](c1ccccc1)c1ccccc1.[Br-]. The Labute approximate surface area is 143 Å². The molecule has 116 valence electrons. The van der Waals surface area contributed by atoms with Crippen LogP contribution in [0.1, 0.15) is 19.8 Å². The molecule has 2 aromatic carbocycles. The summed E-state index contributed by atoms with van der Waals surface area (Å²) in [6.07, 6.45) is 1.20. The van der Waals surface area contributed by atoms with E-state index in [1.807, 2.05) is 19.1 Å². The molecule has 0 bridgehead atoms. The zero-order valence-corrected chi connectivity index (χ0v) is 15.1. The monoisotopic (exact) mass is 378 g/mol. The van der Waals surface area contributed by atoms with Crippen molar-refractivity contribution in [2.24, 2.45) is 0 Å². The number of hydrogen-bond acceptors (Lipinski definition) is 2. The van der Waals surface area contributed by atoms with Gasteiger partial charge in [0.1, 0.15) is 0 Å². The van der Waals surface area contributed by atoms with Crippen LogP contribution in [0.2, 0.25) is 0 Å². The summed E-state index contributed by atoms with van der Waals surface area (Å²) in [5.74, 6) is 2.14. The normalized spacial score (nSPS) is 9.50. The number of carbonyl (C=O) groups is 1. The molecular weight excluding hydrogens is 359 g/mol. The van der Waals surface area contributed by atoms with Crippen LogP contribution in [0.25, 0.3) is 0 Å². The molecule has 0 saturated heterocycles. The van der Waals surface area contributed by atoms with Gasteiger partial charge in [-0.25, -0.2) is 0 Å². The van der Waals surface area contributed by atoms with Crippen LogP contribution in [0, 0.1) is 0 Å². The van der Waals surface area contributed by atoms with Gasteiger partial charge >= 0.3 is 5.97 Å². The van der Waals surface area contributed by atoms with Gasteiger partial charge in [0.2, 0.25) is 0 Å². The Balaban J connectivity index is 0.00000242. The second-order valence-electron chi connectivity index (χ2n) is 4.57. The molecule has 0 fully saturated rings. The third kappa shape index (κ3) is 5.75. The van der Waals surface area contributed by atoms with E-state index < -0.39 is 7.55 Å². The van der Waals surface area contributed by atoms with Crippen LogP contribution in [-0.4, -0.2) is 18.4 Å². The summed E-state index contributed by atoms with van der Waals surface area (Å²) in [6, 6.07) is 20.9. The van der Waals surface area contributed by atoms with E-state index in [1.165, 1.54) is 10.6 Å². The lowest BCUT2D eigenvalue weighted by molar-refractivity contribution is -0.142. The van der Waals surface area contributed by atoms with Gasteiger partial charge in [-0.3, -0.25) is 4.79 Å². The van der Waals surface area contributed by atoms with Crippen molar-refractivity contribution in [3.05, 3.63) is 60.7 Å². The van der Waals surface area contributed by atoms with Crippen LogP contribution < -0.4 is 27.6 Å². The lowest BCUT2D eigenvalue weighted by Crippen LogP contribution is -3.00. The van der Waals surface area contributed by atoms with E-state index in [2.05, 4.69) is 54.3 Å². The first-order chi connectivity index (χ1) is 10.3. The summed E-state index contributed by atoms with van der Waals surface area (Å²) in [7, 11) is -0.524. The smallest absolute Gasteiger partial charge is 0.306 e. The first-order valence-electron chi connectivity index (χ1n) is 7.19. The third-order valence-electron chi connectivity index (χ3n) is 3.03. The lowest BCUT2D eigenvalue weighted by Gasteiger charge is -1.99. The van der Waals surface area contributed by atoms with E-state index in [0.29, 0.717) is 13.0 Å². The molecule has 0 unspecified atom stereocenters. The number of ether oxygens (including phenoxy) is 1. The van der Waals surface area contributed by atoms with Crippen molar-refractivity contribution in [1.29, 1.82) is 0 Å². The first kappa shape index (κ1) is 18.6. The summed E-state index contributed by atoms with van der Waals surface area (Å²) in [4.78, 5) is 11.5. The van der Waals surface area contributed by atoms with Crippen molar-refractivity contribution in [2.45, 2.75) is 19.8 Å².